The fraction of sp³-hybridized carbons (Fsp3) is 0.435. The van der Waals surface area contributed by atoms with Crippen molar-refractivity contribution in [2.45, 2.75) is 58.6 Å². The van der Waals surface area contributed by atoms with Crippen LogP contribution in [0.4, 0.5) is 0 Å². The first-order chi connectivity index (χ1) is 12.2. The van der Waals surface area contributed by atoms with Gasteiger partial charge in [0.15, 0.2) is 0 Å². The van der Waals surface area contributed by atoms with Gasteiger partial charge in [0.2, 0.25) is 0 Å². The summed E-state index contributed by atoms with van der Waals surface area (Å²) in [5.41, 5.74) is -0.424. The van der Waals surface area contributed by atoms with Crippen LogP contribution >= 0.6 is 0 Å². The molecule has 2 aromatic carbocycles. The molecular weight excluding hydrogens is 336 g/mol. The van der Waals surface area contributed by atoms with Crippen LogP contribution in [0.1, 0.15) is 47.5 Å². The number of ketones is 1. The number of hydrogen-bond donors (Lipinski definition) is 0. The van der Waals surface area contributed by atoms with Crippen LogP contribution in [0.25, 0.3) is 0 Å². The van der Waals surface area contributed by atoms with Crippen LogP contribution in [0.15, 0.2) is 60.7 Å². The third-order valence-electron chi connectivity index (χ3n) is 5.89. The molecule has 0 saturated heterocycles. The Bertz CT molecular complexity index is 720. The molecule has 0 amide bonds. The van der Waals surface area contributed by atoms with Gasteiger partial charge < -0.3 is 4.43 Å². The molecule has 1 fully saturated rings. The summed E-state index contributed by atoms with van der Waals surface area (Å²) in [6, 6.07) is 21.3. The topological polar surface area (TPSA) is 26.3 Å². The Kier molecular flexibility index (Phi) is 4.97. The molecular formula is C23H30O2Si. The van der Waals surface area contributed by atoms with Crippen LogP contribution in [0.2, 0.25) is 5.04 Å². The Labute approximate surface area is 158 Å². The standard InChI is InChI=1S/C23H30O2Si/c1-22(2,3)26(18-12-8-6-9-13-18,19-14-10-7-11-15-19)25-21-17-16-20(24)23(21,4)5/h6-15,21H,16-17H2,1-5H3/t21-/m1/s1. The van der Waals surface area contributed by atoms with Crippen molar-refractivity contribution in [3.05, 3.63) is 60.7 Å². The molecule has 138 valence electrons. The number of Topliss-reactive ketones (excluding diaryl/α,β-unsaturated/α-hetero) is 1. The van der Waals surface area contributed by atoms with Gasteiger partial charge in [-0.2, -0.15) is 0 Å². The van der Waals surface area contributed by atoms with Gasteiger partial charge in [-0.3, -0.25) is 4.79 Å². The zero-order valence-electron chi connectivity index (χ0n) is 16.6. The van der Waals surface area contributed by atoms with E-state index in [1.165, 1.54) is 10.4 Å². The molecule has 1 aliphatic carbocycles. The quantitative estimate of drug-likeness (QED) is 0.753. The Hall–Kier alpha value is -1.71. The summed E-state index contributed by atoms with van der Waals surface area (Å²) < 4.78 is 7.14. The Morgan fingerprint density at radius 1 is 0.923 bits per heavy atom. The van der Waals surface area contributed by atoms with Gasteiger partial charge in [-0.15, -0.1) is 0 Å². The highest BCUT2D eigenvalue weighted by atomic mass is 28.4. The summed E-state index contributed by atoms with van der Waals surface area (Å²) in [6.45, 7) is 10.9. The lowest BCUT2D eigenvalue weighted by molar-refractivity contribution is -0.126. The molecule has 3 rings (SSSR count). The van der Waals surface area contributed by atoms with E-state index < -0.39 is 13.7 Å². The van der Waals surface area contributed by atoms with Crippen molar-refractivity contribution in [2.75, 3.05) is 0 Å². The monoisotopic (exact) mass is 366 g/mol. The van der Waals surface area contributed by atoms with Crippen LogP contribution < -0.4 is 10.4 Å². The van der Waals surface area contributed by atoms with E-state index in [0.29, 0.717) is 12.2 Å². The smallest absolute Gasteiger partial charge is 0.261 e. The second-order valence-electron chi connectivity index (χ2n) is 8.95. The molecule has 2 nitrogen and oxygen atoms in total. The van der Waals surface area contributed by atoms with Gasteiger partial charge in [0, 0.05) is 11.8 Å². The predicted octanol–water partition coefficient (Wildman–Crippen LogP) is 4.32. The highest BCUT2D eigenvalue weighted by Crippen LogP contribution is 2.43. The number of carbonyl (C=O) groups excluding carboxylic acids is 1. The molecule has 26 heavy (non-hydrogen) atoms. The first-order valence-corrected chi connectivity index (χ1v) is 11.4. The van der Waals surface area contributed by atoms with E-state index in [2.05, 4.69) is 81.4 Å². The highest BCUT2D eigenvalue weighted by Gasteiger charge is 2.55. The van der Waals surface area contributed by atoms with E-state index >= 15 is 0 Å². The number of hydrogen-bond acceptors (Lipinski definition) is 2. The number of benzene rings is 2. The molecule has 0 heterocycles. The fourth-order valence-corrected chi connectivity index (χ4v) is 9.09. The highest BCUT2D eigenvalue weighted by molar-refractivity contribution is 6.99. The molecule has 0 aromatic heterocycles. The van der Waals surface area contributed by atoms with Crippen LogP contribution in [-0.2, 0) is 9.22 Å². The minimum Gasteiger partial charge on any atom is -0.403 e. The third-order valence-corrected chi connectivity index (χ3v) is 10.9. The largest absolute Gasteiger partial charge is 0.403 e. The maximum atomic E-state index is 12.5. The minimum atomic E-state index is -2.58. The van der Waals surface area contributed by atoms with Crippen molar-refractivity contribution in [3.8, 4) is 0 Å². The van der Waals surface area contributed by atoms with Gasteiger partial charge in [-0.1, -0.05) is 95.3 Å². The lowest BCUT2D eigenvalue weighted by atomic mass is 9.88. The first kappa shape index (κ1) is 19.1. The normalized spacial score (nSPS) is 20.3. The van der Waals surface area contributed by atoms with Gasteiger partial charge in [0.1, 0.15) is 5.78 Å². The fourth-order valence-electron chi connectivity index (χ4n) is 4.24. The van der Waals surface area contributed by atoms with Gasteiger partial charge >= 0.3 is 0 Å². The van der Waals surface area contributed by atoms with Crippen molar-refractivity contribution in [2.24, 2.45) is 5.41 Å². The second-order valence-corrected chi connectivity index (χ2v) is 13.2. The van der Waals surface area contributed by atoms with Crippen molar-refractivity contribution >= 4 is 24.5 Å². The Balaban J connectivity index is 2.20. The molecule has 0 N–H and O–H groups in total. The van der Waals surface area contributed by atoms with Crippen molar-refractivity contribution in [1.82, 2.24) is 0 Å². The second kappa shape index (κ2) is 6.79. The van der Waals surface area contributed by atoms with E-state index in [9.17, 15) is 4.79 Å². The SMILES string of the molecule is CC1(C)C(=O)CC[C@H]1O[Si](c1ccccc1)(c1ccccc1)C(C)(C)C. The summed E-state index contributed by atoms with van der Waals surface area (Å²) in [6.07, 6.45) is 1.40. The van der Waals surface area contributed by atoms with E-state index in [4.69, 9.17) is 4.43 Å². The Morgan fingerprint density at radius 2 is 1.38 bits per heavy atom. The molecule has 0 bridgehead atoms. The van der Waals surface area contributed by atoms with Crippen LogP contribution in [0, 0.1) is 5.41 Å². The van der Waals surface area contributed by atoms with Crippen LogP contribution in [0.5, 0.6) is 0 Å². The summed E-state index contributed by atoms with van der Waals surface area (Å²) in [4.78, 5) is 12.5. The van der Waals surface area contributed by atoms with Crippen molar-refractivity contribution in [1.29, 1.82) is 0 Å². The average molecular weight is 367 g/mol. The van der Waals surface area contributed by atoms with E-state index in [-0.39, 0.29) is 11.1 Å². The van der Waals surface area contributed by atoms with E-state index in [1.807, 2.05) is 13.8 Å². The minimum absolute atomic E-state index is 0.0405. The maximum Gasteiger partial charge on any atom is 0.261 e. The first-order valence-electron chi connectivity index (χ1n) is 9.52. The summed E-state index contributed by atoms with van der Waals surface area (Å²) in [5, 5.41) is 2.49. The molecule has 1 atom stereocenters. The summed E-state index contributed by atoms with van der Waals surface area (Å²) in [5.74, 6) is 0.320. The molecule has 1 saturated carbocycles. The lowest BCUT2D eigenvalue weighted by Crippen LogP contribution is -2.68. The summed E-state index contributed by atoms with van der Waals surface area (Å²) in [7, 11) is -2.58. The molecule has 0 radical (unpaired) electrons. The molecule has 2 aromatic rings. The molecule has 3 heteroatoms. The molecule has 1 aliphatic rings. The van der Waals surface area contributed by atoms with E-state index in [1.54, 1.807) is 0 Å². The zero-order chi connectivity index (χ0) is 19.0. The van der Waals surface area contributed by atoms with Gasteiger partial charge in [0.05, 0.1) is 6.10 Å². The van der Waals surface area contributed by atoms with Crippen LogP contribution in [-0.4, -0.2) is 20.2 Å². The third kappa shape index (κ3) is 3.08. The average Bonchev–Trinajstić information content (AvgIpc) is 2.86. The predicted molar refractivity (Wildman–Crippen MR) is 111 cm³/mol. The van der Waals surface area contributed by atoms with Crippen LogP contribution in [0.3, 0.4) is 0 Å². The molecule has 0 unspecified atom stereocenters. The van der Waals surface area contributed by atoms with Crippen molar-refractivity contribution in [3.63, 3.8) is 0 Å². The number of rotatable bonds is 4. The number of carbonyl (C=O) groups is 1. The molecule has 0 spiro atoms. The van der Waals surface area contributed by atoms with Gasteiger partial charge in [-0.25, -0.2) is 0 Å². The maximum absolute atomic E-state index is 12.5. The Morgan fingerprint density at radius 3 is 1.73 bits per heavy atom. The summed E-state index contributed by atoms with van der Waals surface area (Å²) >= 11 is 0. The zero-order valence-corrected chi connectivity index (χ0v) is 17.6. The van der Waals surface area contributed by atoms with E-state index in [0.717, 1.165) is 6.42 Å². The van der Waals surface area contributed by atoms with Crippen molar-refractivity contribution < 1.29 is 9.22 Å². The van der Waals surface area contributed by atoms with Gasteiger partial charge in [0.25, 0.3) is 8.32 Å². The lowest BCUT2D eigenvalue weighted by Gasteiger charge is -2.46. The van der Waals surface area contributed by atoms with Gasteiger partial charge in [-0.05, 0) is 21.8 Å². The molecule has 0 aliphatic heterocycles.